The minimum absolute atomic E-state index is 0.138. The highest BCUT2D eigenvalue weighted by Crippen LogP contribution is 2.21. The summed E-state index contributed by atoms with van der Waals surface area (Å²) in [6, 6.07) is 0. The molecule has 1 aromatic heterocycles. The number of carbonyl (C=O) groups excluding carboxylic acids is 1. The second kappa shape index (κ2) is 5.20. The van der Waals surface area contributed by atoms with E-state index in [1.807, 2.05) is 0 Å². The monoisotopic (exact) mass is 252 g/mol. The van der Waals surface area contributed by atoms with Gasteiger partial charge in [-0.15, -0.1) is 0 Å². The lowest BCUT2D eigenvalue weighted by molar-refractivity contribution is -0.138. The Hall–Kier alpha value is -1.85. The molecule has 1 N–H and O–H groups in total. The fourth-order valence-corrected chi connectivity index (χ4v) is 2.21. The molecule has 0 spiro atoms. The number of oxazole rings is 1. The maximum atomic E-state index is 12.0. The van der Waals surface area contributed by atoms with Crippen LogP contribution in [0.3, 0.4) is 0 Å². The van der Waals surface area contributed by atoms with Gasteiger partial charge in [0, 0.05) is 26.4 Å². The van der Waals surface area contributed by atoms with Crippen molar-refractivity contribution in [3.8, 4) is 0 Å². The first-order valence-electron chi connectivity index (χ1n) is 5.99. The number of carbonyl (C=O) groups is 2. The van der Waals surface area contributed by atoms with E-state index in [9.17, 15) is 9.59 Å². The summed E-state index contributed by atoms with van der Waals surface area (Å²) in [4.78, 5) is 28.3. The molecule has 6 heteroatoms. The molecule has 98 valence electrons. The minimum atomic E-state index is -0.771. The summed E-state index contributed by atoms with van der Waals surface area (Å²) in [5.74, 6) is -0.266. The van der Waals surface area contributed by atoms with Gasteiger partial charge in [-0.05, 0) is 18.8 Å². The first kappa shape index (κ1) is 12.6. The highest BCUT2D eigenvalue weighted by atomic mass is 16.4. The molecule has 1 aromatic rings. The molecule has 1 aliphatic heterocycles. The summed E-state index contributed by atoms with van der Waals surface area (Å²) in [5.41, 5.74) is 0.323. The molecule has 0 saturated carbocycles. The Morgan fingerprint density at radius 1 is 1.50 bits per heavy atom. The Morgan fingerprint density at radius 2 is 2.17 bits per heavy atom. The fourth-order valence-electron chi connectivity index (χ4n) is 2.21. The molecule has 0 aromatic carbocycles. The second-order valence-electron chi connectivity index (χ2n) is 4.59. The number of hydrogen-bond donors (Lipinski definition) is 1. The van der Waals surface area contributed by atoms with Gasteiger partial charge < -0.3 is 14.4 Å². The molecule has 2 rings (SSSR count). The van der Waals surface area contributed by atoms with Crippen molar-refractivity contribution in [2.24, 2.45) is 5.92 Å². The van der Waals surface area contributed by atoms with E-state index in [1.54, 1.807) is 11.8 Å². The molecule has 0 radical (unpaired) electrons. The number of rotatable bonds is 3. The summed E-state index contributed by atoms with van der Waals surface area (Å²) in [6.45, 7) is 2.86. The van der Waals surface area contributed by atoms with Gasteiger partial charge in [-0.3, -0.25) is 9.59 Å². The topological polar surface area (TPSA) is 83.6 Å². The van der Waals surface area contributed by atoms with Crippen LogP contribution in [-0.4, -0.2) is 40.0 Å². The number of hydrogen-bond acceptors (Lipinski definition) is 4. The average Bonchev–Trinajstić information content (AvgIpc) is 2.75. The Balaban J connectivity index is 1.90. The molecule has 0 aliphatic carbocycles. The minimum Gasteiger partial charge on any atom is -0.481 e. The number of carboxylic acids is 1. The van der Waals surface area contributed by atoms with Gasteiger partial charge in [0.2, 0.25) is 0 Å². The summed E-state index contributed by atoms with van der Waals surface area (Å²) in [7, 11) is 0. The van der Waals surface area contributed by atoms with Crippen LogP contribution < -0.4 is 0 Å². The predicted octanol–water partition coefficient (Wildman–Crippen LogP) is 1.31. The van der Waals surface area contributed by atoms with Crippen molar-refractivity contribution in [2.45, 2.75) is 26.2 Å². The third kappa shape index (κ3) is 2.88. The number of nitrogens with zero attached hydrogens (tertiary/aromatic N) is 2. The number of aliphatic carboxylic acids is 1. The molecule has 0 bridgehead atoms. The van der Waals surface area contributed by atoms with Crippen molar-refractivity contribution in [3.63, 3.8) is 0 Å². The maximum Gasteiger partial charge on any atom is 0.303 e. The third-order valence-corrected chi connectivity index (χ3v) is 3.20. The van der Waals surface area contributed by atoms with Crippen molar-refractivity contribution in [1.82, 2.24) is 9.88 Å². The van der Waals surface area contributed by atoms with Crippen molar-refractivity contribution in [2.75, 3.05) is 13.1 Å². The smallest absolute Gasteiger partial charge is 0.303 e. The zero-order valence-electron chi connectivity index (χ0n) is 10.3. The van der Waals surface area contributed by atoms with E-state index in [0.717, 1.165) is 12.8 Å². The van der Waals surface area contributed by atoms with E-state index in [0.29, 0.717) is 24.7 Å². The number of aromatic nitrogens is 1. The van der Waals surface area contributed by atoms with Crippen LogP contribution in [0.15, 0.2) is 10.7 Å². The van der Waals surface area contributed by atoms with Gasteiger partial charge in [0.05, 0.1) is 0 Å². The lowest BCUT2D eigenvalue weighted by Gasteiger charge is -2.30. The number of likely N-dealkylation sites (tertiary alicyclic amines) is 1. The lowest BCUT2D eigenvalue weighted by atomic mass is 9.93. The quantitative estimate of drug-likeness (QED) is 0.876. The van der Waals surface area contributed by atoms with Crippen LogP contribution in [0.1, 0.15) is 35.6 Å². The van der Waals surface area contributed by atoms with Crippen LogP contribution in [-0.2, 0) is 4.79 Å². The van der Waals surface area contributed by atoms with E-state index in [4.69, 9.17) is 9.52 Å². The number of carboxylic acid groups (broad SMARTS) is 1. The molecule has 18 heavy (non-hydrogen) atoms. The average molecular weight is 252 g/mol. The van der Waals surface area contributed by atoms with Crippen LogP contribution in [0.5, 0.6) is 0 Å². The molecule has 6 nitrogen and oxygen atoms in total. The van der Waals surface area contributed by atoms with Crippen molar-refractivity contribution in [3.05, 3.63) is 17.8 Å². The Morgan fingerprint density at radius 3 is 2.67 bits per heavy atom. The van der Waals surface area contributed by atoms with Gasteiger partial charge in [-0.1, -0.05) is 0 Å². The SMILES string of the molecule is Cc1nc(C(=O)N2CCC(CC(=O)O)CC2)co1. The van der Waals surface area contributed by atoms with Crippen LogP contribution in [0, 0.1) is 12.8 Å². The van der Waals surface area contributed by atoms with Crippen LogP contribution >= 0.6 is 0 Å². The summed E-state index contributed by atoms with van der Waals surface area (Å²) in [6.07, 6.45) is 3.01. The van der Waals surface area contributed by atoms with Crippen molar-refractivity contribution >= 4 is 11.9 Å². The zero-order chi connectivity index (χ0) is 13.1. The van der Waals surface area contributed by atoms with Crippen molar-refractivity contribution < 1.29 is 19.1 Å². The molecular formula is C12H16N2O4. The third-order valence-electron chi connectivity index (χ3n) is 3.20. The van der Waals surface area contributed by atoms with Crippen LogP contribution in [0.2, 0.25) is 0 Å². The van der Waals surface area contributed by atoms with E-state index in [-0.39, 0.29) is 18.2 Å². The first-order valence-corrected chi connectivity index (χ1v) is 5.99. The van der Waals surface area contributed by atoms with Gasteiger partial charge >= 0.3 is 5.97 Å². The highest BCUT2D eigenvalue weighted by molar-refractivity contribution is 5.92. The Labute approximate surface area is 105 Å². The van der Waals surface area contributed by atoms with Gasteiger partial charge in [0.25, 0.3) is 5.91 Å². The fraction of sp³-hybridized carbons (Fsp3) is 0.583. The Kier molecular flexibility index (Phi) is 3.64. The molecule has 2 heterocycles. The van der Waals surface area contributed by atoms with Crippen LogP contribution in [0.4, 0.5) is 0 Å². The van der Waals surface area contributed by atoms with E-state index in [1.165, 1.54) is 6.26 Å². The molecule has 1 amide bonds. The highest BCUT2D eigenvalue weighted by Gasteiger charge is 2.26. The largest absolute Gasteiger partial charge is 0.481 e. The van der Waals surface area contributed by atoms with Gasteiger partial charge in [0.15, 0.2) is 11.6 Å². The Bertz CT molecular complexity index is 447. The molecule has 1 aliphatic rings. The summed E-state index contributed by atoms with van der Waals surface area (Å²) >= 11 is 0. The summed E-state index contributed by atoms with van der Waals surface area (Å²) in [5, 5.41) is 8.72. The molecule has 1 fully saturated rings. The van der Waals surface area contributed by atoms with E-state index < -0.39 is 5.97 Å². The van der Waals surface area contributed by atoms with Crippen molar-refractivity contribution in [1.29, 1.82) is 0 Å². The van der Waals surface area contributed by atoms with Gasteiger partial charge in [-0.25, -0.2) is 4.98 Å². The van der Waals surface area contributed by atoms with E-state index >= 15 is 0 Å². The zero-order valence-corrected chi connectivity index (χ0v) is 10.3. The van der Waals surface area contributed by atoms with Crippen LogP contribution in [0.25, 0.3) is 0 Å². The normalized spacial score (nSPS) is 16.8. The van der Waals surface area contributed by atoms with Gasteiger partial charge in [-0.2, -0.15) is 0 Å². The second-order valence-corrected chi connectivity index (χ2v) is 4.59. The molecule has 1 saturated heterocycles. The molecule has 0 atom stereocenters. The molecule has 0 unspecified atom stereocenters. The van der Waals surface area contributed by atoms with Gasteiger partial charge in [0.1, 0.15) is 6.26 Å². The standard InChI is InChI=1S/C12H16N2O4/c1-8-13-10(7-18-8)12(17)14-4-2-9(3-5-14)6-11(15)16/h7,9H,2-6H2,1H3,(H,15,16). The first-order chi connectivity index (χ1) is 8.56. The number of aryl methyl sites for hydroxylation is 1. The summed E-state index contributed by atoms with van der Waals surface area (Å²) < 4.78 is 5.01. The maximum absolute atomic E-state index is 12.0. The predicted molar refractivity (Wildman–Crippen MR) is 62.1 cm³/mol. The lowest BCUT2D eigenvalue weighted by Crippen LogP contribution is -2.39. The number of amides is 1. The van der Waals surface area contributed by atoms with E-state index in [2.05, 4.69) is 4.98 Å². The number of piperidine rings is 1. The molecular weight excluding hydrogens is 236 g/mol.